The fraction of sp³-hybridized carbons (Fsp3) is 0.235. The van der Waals surface area contributed by atoms with Crippen LogP contribution in [0.2, 0.25) is 0 Å². The van der Waals surface area contributed by atoms with E-state index in [4.69, 9.17) is 0 Å². The number of amides is 1. The summed E-state index contributed by atoms with van der Waals surface area (Å²) in [4.78, 5) is 12.0. The topological polar surface area (TPSA) is 41.1 Å². The molecule has 0 aliphatic rings. The van der Waals surface area contributed by atoms with Crippen LogP contribution in [0, 0.1) is 11.6 Å². The Labute approximate surface area is 128 Å². The van der Waals surface area contributed by atoms with Crippen LogP contribution in [0.1, 0.15) is 25.3 Å². The standard InChI is InChI=1S/C17H18F2N2O/c1-11(2)13-5-3-4-6-16(13)21-17(22)10-20-12-7-8-14(18)15(19)9-12/h3-9,11,20H,10H2,1-2H3,(H,21,22). The van der Waals surface area contributed by atoms with Crippen LogP contribution in [-0.4, -0.2) is 12.5 Å². The average Bonchev–Trinajstić information content (AvgIpc) is 2.49. The van der Waals surface area contributed by atoms with Gasteiger partial charge in [-0.2, -0.15) is 0 Å². The Hall–Kier alpha value is -2.43. The van der Waals surface area contributed by atoms with E-state index in [1.54, 1.807) is 0 Å². The van der Waals surface area contributed by atoms with Gasteiger partial charge in [-0.15, -0.1) is 0 Å². The summed E-state index contributed by atoms with van der Waals surface area (Å²) in [7, 11) is 0. The van der Waals surface area contributed by atoms with E-state index in [2.05, 4.69) is 10.6 Å². The smallest absolute Gasteiger partial charge is 0.243 e. The zero-order chi connectivity index (χ0) is 16.1. The lowest BCUT2D eigenvalue weighted by atomic mass is 10.0. The number of carbonyl (C=O) groups is 1. The minimum atomic E-state index is -0.949. The first-order chi connectivity index (χ1) is 10.5. The molecule has 0 aliphatic heterocycles. The summed E-state index contributed by atoms with van der Waals surface area (Å²) in [6, 6.07) is 11.0. The highest BCUT2D eigenvalue weighted by Crippen LogP contribution is 2.23. The van der Waals surface area contributed by atoms with Crippen LogP contribution >= 0.6 is 0 Å². The van der Waals surface area contributed by atoms with Crippen molar-refractivity contribution in [3.8, 4) is 0 Å². The SMILES string of the molecule is CC(C)c1ccccc1NC(=O)CNc1ccc(F)c(F)c1. The molecule has 116 valence electrons. The first kappa shape index (κ1) is 15.9. The summed E-state index contributed by atoms with van der Waals surface area (Å²) in [6.07, 6.45) is 0. The summed E-state index contributed by atoms with van der Waals surface area (Å²) < 4.78 is 25.9. The summed E-state index contributed by atoms with van der Waals surface area (Å²) in [5, 5.41) is 5.58. The van der Waals surface area contributed by atoms with E-state index >= 15 is 0 Å². The molecule has 0 bridgehead atoms. The number of anilines is 2. The van der Waals surface area contributed by atoms with Gasteiger partial charge in [-0.05, 0) is 29.7 Å². The van der Waals surface area contributed by atoms with Crippen molar-refractivity contribution < 1.29 is 13.6 Å². The third-order valence-corrected chi connectivity index (χ3v) is 3.23. The maximum Gasteiger partial charge on any atom is 0.243 e. The van der Waals surface area contributed by atoms with Crippen LogP contribution in [0.3, 0.4) is 0 Å². The van der Waals surface area contributed by atoms with Crippen molar-refractivity contribution in [2.45, 2.75) is 19.8 Å². The predicted octanol–water partition coefficient (Wildman–Crippen LogP) is 4.14. The Balaban J connectivity index is 1.97. The summed E-state index contributed by atoms with van der Waals surface area (Å²) in [5.74, 6) is -1.83. The van der Waals surface area contributed by atoms with Gasteiger partial charge in [0.05, 0.1) is 6.54 Å². The molecule has 0 aliphatic carbocycles. The largest absolute Gasteiger partial charge is 0.376 e. The highest BCUT2D eigenvalue weighted by molar-refractivity contribution is 5.94. The van der Waals surface area contributed by atoms with E-state index in [-0.39, 0.29) is 18.4 Å². The van der Waals surface area contributed by atoms with E-state index < -0.39 is 11.6 Å². The Morgan fingerprint density at radius 3 is 2.50 bits per heavy atom. The molecule has 2 N–H and O–H groups in total. The molecule has 0 unspecified atom stereocenters. The molecule has 0 saturated carbocycles. The molecule has 0 fully saturated rings. The van der Waals surface area contributed by atoms with Crippen molar-refractivity contribution in [1.82, 2.24) is 0 Å². The molecule has 1 amide bonds. The predicted molar refractivity (Wildman–Crippen MR) is 84.0 cm³/mol. The Kier molecular flexibility index (Phi) is 5.09. The Morgan fingerprint density at radius 1 is 1.09 bits per heavy atom. The average molecular weight is 304 g/mol. The zero-order valence-electron chi connectivity index (χ0n) is 12.5. The zero-order valence-corrected chi connectivity index (χ0v) is 12.5. The maximum atomic E-state index is 13.1. The van der Waals surface area contributed by atoms with Gasteiger partial charge in [0, 0.05) is 17.4 Å². The van der Waals surface area contributed by atoms with E-state index in [9.17, 15) is 13.6 Å². The van der Waals surface area contributed by atoms with Crippen LogP contribution in [0.5, 0.6) is 0 Å². The minimum absolute atomic E-state index is 0.0303. The Morgan fingerprint density at radius 2 is 1.82 bits per heavy atom. The van der Waals surface area contributed by atoms with Gasteiger partial charge in [-0.25, -0.2) is 8.78 Å². The van der Waals surface area contributed by atoms with Crippen molar-refractivity contribution >= 4 is 17.3 Å². The van der Waals surface area contributed by atoms with E-state index in [0.717, 1.165) is 23.4 Å². The molecule has 0 spiro atoms. The van der Waals surface area contributed by atoms with Gasteiger partial charge < -0.3 is 10.6 Å². The molecule has 3 nitrogen and oxygen atoms in total. The third-order valence-electron chi connectivity index (χ3n) is 3.23. The molecule has 0 heterocycles. The van der Waals surface area contributed by atoms with E-state index in [1.807, 2.05) is 38.1 Å². The molecule has 22 heavy (non-hydrogen) atoms. The first-order valence-corrected chi connectivity index (χ1v) is 7.05. The monoisotopic (exact) mass is 304 g/mol. The molecule has 5 heteroatoms. The third kappa shape index (κ3) is 4.04. The molecular formula is C17H18F2N2O. The molecule has 0 saturated heterocycles. The van der Waals surface area contributed by atoms with Gasteiger partial charge in [0.25, 0.3) is 0 Å². The lowest BCUT2D eigenvalue weighted by Crippen LogP contribution is -2.22. The van der Waals surface area contributed by atoms with Gasteiger partial charge in [0.2, 0.25) is 5.91 Å². The lowest BCUT2D eigenvalue weighted by molar-refractivity contribution is -0.114. The van der Waals surface area contributed by atoms with E-state index in [1.165, 1.54) is 6.07 Å². The molecule has 2 aromatic carbocycles. The number of benzene rings is 2. The van der Waals surface area contributed by atoms with Crippen LogP contribution < -0.4 is 10.6 Å². The maximum absolute atomic E-state index is 13.1. The fourth-order valence-electron chi connectivity index (χ4n) is 2.10. The van der Waals surface area contributed by atoms with Crippen molar-refractivity contribution in [2.24, 2.45) is 0 Å². The summed E-state index contributed by atoms with van der Waals surface area (Å²) in [6.45, 7) is 4.06. The first-order valence-electron chi connectivity index (χ1n) is 7.05. The number of nitrogens with one attached hydrogen (secondary N) is 2. The van der Waals surface area contributed by atoms with Gasteiger partial charge in [-0.1, -0.05) is 32.0 Å². The number of para-hydroxylation sites is 1. The molecule has 0 atom stereocenters. The second kappa shape index (κ2) is 7.02. The summed E-state index contributed by atoms with van der Waals surface area (Å²) in [5.41, 5.74) is 2.16. The minimum Gasteiger partial charge on any atom is -0.376 e. The molecule has 2 aromatic rings. The number of hydrogen-bond acceptors (Lipinski definition) is 2. The van der Waals surface area contributed by atoms with Gasteiger partial charge >= 0.3 is 0 Å². The number of carbonyl (C=O) groups excluding carboxylic acids is 1. The van der Waals surface area contributed by atoms with Gasteiger partial charge in [-0.3, -0.25) is 4.79 Å². The van der Waals surface area contributed by atoms with Crippen molar-refractivity contribution in [1.29, 1.82) is 0 Å². The highest BCUT2D eigenvalue weighted by atomic mass is 19.2. The normalized spacial score (nSPS) is 10.6. The Bertz CT molecular complexity index is 671. The van der Waals surface area contributed by atoms with Crippen molar-refractivity contribution in [3.05, 3.63) is 59.7 Å². The number of halogens is 2. The summed E-state index contributed by atoms with van der Waals surface area (Å²) >= 11 is 0. The quantitative estimate of drug-likeness (QED) is 0.871. The molecule has 2 rings (SSSR count). The lowest BCUT2D eigenvalue weighted by Gasteiger charge is -2.14. The molecule has 0 aromatic heterocycles. The van der Waals surface area contributed by atoms with Crippen LogP contribution in [-0.2, 0) is 4.79 Å². The second-order valence-corrected chi connectivity index (χ2v) is 5.27. The van der Waals surface area contributed by atoms with Crippen molar-refractivity contribution in [2.75, 3.05) is 17.2 Å². The number of hydrogen-bond donors (Lipinski definition) is 2. The van der Waals surface area contributed by atoms with Crippen molar-refractivity contribution in [3.63, 3.8) is 0 Å². The van der Waals surface area contributed by atoms with E-state index in [0.29, 0.717) is 5.69 Å². The molecule has 0 radical (unpaired) electrons. The van der Waals surface area contributed by atoms with Gasteiger partial charge in [0.15, 0.2) is 11.6 Å². The van der Waals surface area contributed by atoms with Gasteiger partial charge in [0.1, 0.15) is 0 Å². The fourth-order valence-corrected chi connectivity index (χ4v) is 2.10. The van der Waals surface area contributed by atoms with Crippen LogP contribution in [0.15, 0.2) is 42.5 Å². The van der Waals surface area contributed by atoms with Crippen LogP contribution in [0.25, 0.3) is 0 Å². The second-order valence-electron chi connectivity index (χ2n) is 5.27. The van der Waals surface area contributed by atoms with Crippen LogP contribution in [0.4, 0.5) is 20.2 Å². The number of rotatable bonds is 5. The molecular weight excluding hydrogens is 286 g/mol. The highest BCUT2D eigenvalue weighted by Gasteiger charge is 2.09.